The first kappa shape index (κ1) is 24.7. The number of benzene rings is 2. The summed E-state index contributed by atoms with van der Waals surface area (Å²) in [5.74, 6) is -0.881. The van der Waals surface area contributed by atoms with Gasteiger partial charge in [0.15, 0.2) is 6.10 Å². The lowest BCUT2D eigenvalue weighted by molar-refractivity contribution is -0.156. The molecular weight excluding hydrogens is 440 g/mol. The number of ketones is 1. The number of nitrogens with one attached hydrogen (secondary N) is 1. The van der Waals surface area contributed by atoms with Crippen molar-refractivity contribution in [2.24, 2.45) is 11.3 Å². The third-order valence-electron chi connectivity index (χ3n) is 6.78. The lowest BCUT2D eigenvalue weighted by Gasteiger charge is -2.35. The third-order valence-corrected chi connectivity index (χ3v) is 6.78. The van der Waals surface area contributed by atoms with Crippen LogP contribution in [-0.4, -0.2) is 40.6 Å². The molecule has 1 amide bonds. The fraction of sp³-hybridized carbons (Fsp3) is 0.414. The normalized spacial score (nSPS) is 15.7. The molecular formula is C29H34N2O4. The summed E-state index contributed by atoms with van der Waals surface area (Å²) in [5, 5.41) is 0.834. The topological polar surface area (TPSA) is 79.5 Å². The van der Waals surface area contributed by atoms with E-state index in [1.165, 1.54) is 0 Å². The van der Waals surface area contributed by atoms with Crippen molar-refractivity contribution in [1.82, 2.24) is 9.88 Å². The van der Waals surface area contributed by atoms with Gasteiger partial charge in [0, 0.05) is 46.7 Å². The Kier molecular flexibility index (Phi) is 7.10. The minimum atomic E-state index is -1.03. The Morgan fingerprint density at radius 3 is 2.34 bits per heavy atom. The number of amides is 1. The number of rotatable bonds is 6. The van der Waals surface area contributed by atoms with E-state index in [1.54, 1.807) is 6.20 Å². The van der Waals surface area contributed by atoms with Gasteiger partial charge in [0.1, 0.15) is 0 Å². The first-order valence-corrected chi connectivity index (χ1v) is 12.4. The van der Waals surface area contributed by atoms with Gasteiger partial charge in [-0.15, -0.1) is 0 Å². The number of carbonyl (C=O) groups is 3. The van der Waals surface area contributed by atoms with Gasteiger partial charge in [-0.05, 0) is 24.8 Å². The van der Waals surface area contributed by atoms with E-state index in [9.17, 15) is 14.4 Å². The molecule has 1 unspecified atom stereocenters. The highest BCUT2D eigenvalue weighted by molar-refractivity contribution is 6.11. The molecule has 1 N–H and O–H groups in total. The predicted molar refractivity (Wildman–Crippen MR) is 136 cm³/mol. The maximum Gasteiger partial charge on any atom is 0.310 e. The maximum atomic E-state index is 13.7. The van der Waals surface area contributed by atoms with Gasteiger partial charge in [-0.25, -0.2) is 0 Å². The third kappa shape index (κ3) is 5.16. The van der Waals surface area contributed by atoms with Crippen molar-refractivity contribution in [3.8, 4) is 0 Å². The van der Waals surface area contributed by atoms with E-state index in [-0.39, 0.29) is 23.6 Å². The number of H-pyrrole nitrogens is 1. The molecule has 1 fully saturated rings. The zero-order valence-corrected chi connectivity index (χ0v) is 21.0. The number of fused-ring (bicyclic) bond motifs is 1. The number of piperidine rings is 1. The molecule has 0 spiro atoms. The quantitative estimate of drug-likeness (QED) is 0.379. The predicted octanol–water partition coefficient (Wildman–Crippen LogP) is 5.48. The fourth-order valence-corrected chi connectivity index (χ4v) is 4.76. The van der Waals surface area contributed by atoms with E-state index in [0.717, 1.165) is 22.9 Å². The zero-order valence-electron chi connectivity index (χ0n) is 21.0. The van der Waals surface area contributed by atoms with Crippen molar-refractivity contribution in [2.75, 3.05) is 13.1 Å². The van der Waals surface area contributed by atoms with Crippen LogP contribution in [0.15, 0.2) is 54.7 Å². The van der Waals surface area contributed by atoms with Crippen LogP contribution in [0, 0.1) is 11.3 Å². The molecule has 184 valence electrons. The second-order valence-electron chi connectivity index (χ2n) is 10.3. The number of nitrogens with zero attached hydrogens (tertiary/aromatic N) is 1. The fourth-order valence-electron chi connectivity index (χ4n) is 4.76. The van der Waals surface area contributed by atoms with Crippen LogP contribution in [0.1, 0.15) is 68.1 Å². The van der Waals surface area contributed by atoms with Crippen molar-refractivity contribution < 1.29 is 19.1 Å². The molecule has 1 aliphatic rings. The van der Waals surface area contributed by atoms with Crippen LogP contribution in [0.3, 0.4) is 0 Å². The van der Waals surface area contributed by atoms with Crippen molar-refractivity contribution in [3.63, 3.8) is 0 Å². The van der Waals surface area contributed by atoms with E-state index in [1.807, 2.05) is 74.2 Å². The van der Waals surface area contributed by atoms with E-state index in [4.69, 9.17) is 4.74 Å². The molecule has 0 saturated carbocycles. The molecule has 2 heterocycles. The van der Waals surface area contributed by atoms with Crippen molar-refractivity contribution in [2.45, 2.75) is 53.1 Å². The monoisotopic (exact) mass is 474 g/mol. The highest BCUT2D eigenvalue weighted by atomic mass is 16.5. The number of likely N-dealkylation sites (tertiary alicyclic amines) is 1. The molecule has 0 bridgehead atoms. The average molecular weight is 475 g/mol. The van der Waals surface area contributed by atoms with E-state index >= 15 is 0 Å². The van der Waals surface area contributed by atoms with Crippen LogP contribution < -0.4 is 0 Å². The Labute approximate surface area is 206 Å². The van der Waals surface area contributed by atoms with Crippen molar-refractivity contribution in [3.05, 3.63) is 71.4 Å². The SMILES string of the molecule is CCc1cccc2c(C(=O)C(OC(=O)C3CCN(C(=O)C(C)(C)C)CC3)c3ccccc3)c[nH]c12. The molecule has 0 aliphatic carbocycles. The van der Waals surface area contributed by atoms with Crippen molar-refractivity contribution in [1.29, 1.82) is 0 Å². The summed E-state index contributed by atoms with van der Waals surface area (Å²) < 4.78 is 5.92. The van der Waals surface area contributed by atoms with Crippen LogP contribution in [-0.2, 0) is 20.7 Å². The summed E-state index contributed by atoms with van der Waals surface area (Å²) in [7, 11) is 0. The van der Waals surface area contributed by atoms with Gasteiger partial charge >= 0.3 is 5.97 Å². The number of carbonyl (C=O) groups excluding carboxylic acids is 3. The van der Waals surface area contributed by atoms with Crippen LogP contribution in [0.2, 0.25) is 0 Å². The van der Waals surface area contributed by atoms with E-state index in [2.05, 4.69) is 11.9 Å². The lowest BCUT2D eigenvalue weighted by atomic mass is 9.91. The summed E-state index contributed by atoms with van der Waals surface area (Å²) in [6, 6.07) is 15.1. The van der Waals surface area contributed by atoms with E-state index in [0.29, 0.717) is 37.1 Å². The Balaban J connectivity index is 1.55. The zero-order chi connectivity index (χ0) is 25.2. The van der Waals surface area contributed by atoms with Gasteiger partial charge in [0.05, 0.1) is 5.92 Å². The second kappa shape index (κ2) is 10.1. The standard InChI is InChI=1S/C29H34N2O4/c1-5-19-12-9-13-22-23(18-30-24(19)22)25(32)26(20-10-7-6-8-11-20)35-27(33)21-14-16-31(17-15-21)28(34)29(2,3)4/h6-13,18,21,26,30H,5,14-17H2,1-4H3. The number of hydrogen-bond donors (Lipinski definition) is 1. The smallest absolute Gasteiger partial charge is 0.310 e. The molecule has 2 aromatic carbocycles. The summed E-state index contributed by atoms with van der Waals surface area (Å²) in [4.78, 5) is 44.6. The average Bonchev–Trinajstić information content (AvgIpc) is 3.31. The molecule has 6 nitrogen and oxygen atoms in total. The molecule has 6 heteroatoms. The second-order valence-corrected chi connectivity index (χ2v) is 10.3. The summed E-state index contributed by atoms with van der Waals surface area (Å²) in [6.07, 6.45) is 2.60. The number of para-hydroxylation sites is 1. The molecule has 1 saturated heterocycles. The Morgan fingerprint density at radius 2 is 1.71 bits per heavy atom. The molecule has 4 rings (SSSR count). The molecule has 1 aromatic heterocycles. The summed E-state index contributed by atoms with van der Waals surface area (Å²) in [5.41, 5.74) is 2.78. The van der Waals surface area contributed by atoms with Gasteiger partial charge in [0.25, 0.3) is 0 Å². The molecule has 1 aliphatic heterocycles. The van der Waals surface area contributed by atoms with Crippen LogP contribution in [0.5, 0.6) is 0 Å². The molecule has 35 heavy (non-hydrogen) atoms. The maximum absolute atomic E-state index is 13.7. The number of esters is 1. The van der Waals surface area contributed by atoms with Crippen molar-refractivity contribution >= 4 is 28.6 Å². The van der Waals surface area contributed by atoms with Gasteiger partial charge in [-0.3, -0.25) is 14.4 Å². The van der Waals surface area contributed by atoms with Gasteiger partial charge in [-0.2, -0.15) is 0 Å². The van der Waals surface area contributed by atoms with Crippen LogP contribution in [0.4, 0.5) is 0 Å². The van der Waals surface area contributed by atoms with Gasteiger partial charge in [-0.1, -0.05) is 76.2 Å². The number of aromatic nitrogens is 1. The number of aryl methyl sites for hydroxylation is 1. The number of ether oxygens (including phenoxy) is 1. The first-order valence-electron chi connectivity index (χ1n) is 12.4. The van der Waals surface area contributed by atoms with Gasteiger partial charge in [0.2, 0.25) is 11.7 Å². The minimum Gasteiger partial charge on any atom is -0.449 e. The van der Waals surface area contributed by atoms with Gasteiger partial charge < -0.3 is 14.6 Å². The number of Topliss-reactive ketones (excluding diaryl/α,β-unsaturated/α-hetero) is 1. The Bertz CT molecular complexity index is 1210. The first-order chi connectivity index (χ1) is 16.7. The highest BCUT2D eigenvalue weighted by Crippen LogP contribution is 2.31. The largest absolute Gasteiger partial charge is 0.449 e. The summed E-state index contributed by atoms with van der Waals surface area (Å²) >= 11 is 0. The van der Waals surface area contributed by atoms with Crippen LogP contribution >= 0.6 is 0 Å². The molecule has 0 radical (unpaired) electrons. The Morgan fingerprint density at radius 1 is 1.03 bits per heavy atom. The Hall–Kier alpha value is -3.41. The number of hydrogen-bond acceptors (Lipinski definition) is 4. The lowest BCUT2D eigenvalue weighted by Crippen LogP contribution is -2.45. The van der Waals surface area contributed by atoms with E-state index < -0.39 is 11.5 Å². The number of aromatic amines is 1. The summed E-state index contributed by atoms with van der Waals surface area (Å²) in [6.45, 7) is 8.82. The molecule has 1 atom stereocenters. The highest BCUT2D eigenvalue weighted by Gasteiger charge is 2.35. The van der Waals surface area contributed by atoms with Crippen LogP contribution in [0.25, 0.3) is 10.9 Å². The molecule has 3 aromatic rings. The minimum absolute atomic E-state index is 0.0902.